The highest BCUT2D eigenvalue weighted by Crippen LogP contribution is 2.32. The lowest BCUT2D eigenvalue weighted by molar-refractivity contribution is -0.122. The zero-order valence-electron chi connectivity index (χ0n) is 15.7. The fraction of sp³-hybridized carbons (Fsp3) is 0.632. The molecule has 2 fully saturated rings. The molecule has 0 radical (unpaired) electrons. The van der Waals surface area contributed by atoms with Gasteiger partial charge in [0.1, 0.15) is 11.6 Å². The van der Waals surface area contributed by atoms with Gasteiger partial charge in [0.05, 0.1) is 6.04 Å². The maximum Gasteiger partial charge on any atom is 0.220 e. The average Bonchev–Trinajstić information content (AvgIpc) is 2.88. The Labute approximate surface area is 172 Å². The first kappa shape index (κ1) is 24.1. The van der Waals surface area contributed by atoms with Crippen molar-refractivity contribution in [3.8, 4) is 0 Å². The summed E-state index contributed by atoms with van der Waals surface area (Å²) in [6.45, 7) is 0.196. The molecule has 0 spiro atoms. The molecule has 0 aliphatic carbocycles. The first-order valence-corrected chi connectivity index (χ1v) is 9.07. The highest BCUT2D eigenvalue weighted by atomic mass is 35.5. The number of piperidine rings is 1. The molecule has 1 aromatic carbocycles. The molecule has 0 saturated carbocycles. The Balaban J connectivity index is 0.00000182. The van der Waals surface area contributed by atoms with Crippen molar-refractivity contribution in [3.63, 3.8) is 0 Å². The van der Waals surface area contributed by atoms with E-state index in [4.69, 9.17) is 0 Å². The number of hydrogen-bond acceptors (Lipinski definition) is 3. The Bertz CT molecular complexity index is 601. The van der Waals surface area contributed by atoms with E-state index in [1.807, 2.05) is 0 Å². The third-order valence-electron chi connectivity index (χ3n) is 5.49. The molecule has 4 nitrogen and oxygen atoms in total. The monoisotopic (exact) mass is 423 g/mol. The third kappa shape index (κ3) is 6.01. The summed E-state index contributed by atoms with van der Waals surface area (Å²) in [5.74, 6) is -0.789. The number of rotatable bonds is 6. The van der Waals surface area contributed by atoms with E-state index in [0.29, 0.717) is 24.4 Å². The van der Waals surface area contributed by atoms with E-state index in [1.54, 1.807) is 19.0 Å². The van der Waals surface area contributed by atoms with Gasteiger partial charge >= 0.3 is 0 Å². The molecule has 154 valence electrons. The summed E-state index contributed by atoms with van der Waals surface area (Å²) in [5, 5.41) is 6.45. The van der Waals surface area contributed by atoms with Crippen molar-refractivity contribution in [3.05, 3.63) is 35.4 Å². The lowest BCUT2D eigenvalue weighted by Crippen LogP contribution is -2.41. The van der Waals surface area contributed by atoms with Crippen LogP contribution in [0.2, 0.25) is 0 Å². The number of amides is 1. The molecule has 1 amide bonds. The van der Waals surface area contributed by atoms with E-state index in [9.17, 15) is 13.6 Å². The van der Waals surface area contributed by atoms with Gasteiger partial charge < -0.3 is 15.5 Å². The summed E-state index contributed by atoms with van der Waals surface area (Å²) in [6.07, 6.45) is 5.00. The smallest absolute Gasteiger partial charge is 0.220 e. The van der Waals surface area contributed by atoms with Gasteiger partial charge in [-0.2, -0.15) is 0 Å². The molecule has 0 aromatic heterocycles. The molecular formula is C19H29Cl2F2N3O. The van der Waals surface area contributed by atoms with Crippen LogP contribution in [0.25, 0.3) is 0 Å². The summed E-state index contributed by atoms with van der Waals surface area (Å²) < 4.78 is 28.1. The van der Waals surface area contributed by atoms with Crippen LogP contribution >= 0.6 is 24.8 Å². The van der Waals surface area contributed by atoms with E-state index < -0.39 is 17.7 Å². The number of benzene rings is 1. The van der Waals surface area contributed by atoms with E-state index in [0.717, 1.165) is 12.8 Å². The molecule has 27 heavy (non-hydrogen) atoms. The third-order valence-corrected chi connectivity index (χ3v) is 5.49. The van der Waals surface area contributed by atoms with E-state index >= 15 is 0 Å². The van der Waals surface area contributed by atoms with Gasteiger partial charge in [-0.25, -0.2) is 8.78 Å². The maximum absolute atomic E-state index is 14.1. The zero-order chi connectivity index (χ0) is 18.0. The molecule has 2 saturated heterocycles. The van der Waals surface area contributed by atoms with Gasteiger partial charge in [-0.05, 0) is 57.8 Å². The number of nitrogens with one attached hydrogen (secondary N) is 2. The molecule has 2 heterocycles. The molecule has 3 rings (SSSR count). The number of likely N-dealkylation sites (N-methyl/N-ethyl adjacent to an activating group) is 1. The Morgan fingerprint density at radius 2 is 1.74 bits per heavy atom. The lowest BCUT2D eigenvalue weighted by Gasteiger charge is -2.29. The van der Waals surface area contributed by atoms with E-state index in [-0.39, 0.29) is 42.8 Å². The Kier molecular flexibility index (Phi) is 9.42. The minimum Gasteiger partial charge on any atom is -0.354 e. The van der Waals surface area contributed by atoms with Crippen LogP contribution < -0.4 is 10.6 Å². The van der Waals surface area contributed by atoms with Crippen LogP contribution in [0.5, 0.6) is 0 Å². The van der Waals surface area contributed by atoms with E-state index in [2.05, 4.69) is 10.6 Å². The Morgan fingerprint density at radius 3 is 2.26 bits per heavy atom. The number of carbonyl (C=O) groups is 1. The van der Waals surface area contributed by atoms with Gasteiger partial charge in [0.2, 0.25) is 5.91 Å². The summed E-state index contributed by atoms with van der Waals surface area (Å²) in [7, 11) is 3.51. The van der Waals surface area contributed by atoms with Gasteiger partial charge in [-0.15, -0.1) is 24.8 Å². The second-order valence-corrected chi connectivity index (χ2v) is 7.60. The maximum atomic E-state index is 14.1. The first-order chi connectivity index (χ1) is 11.9. The fourth-order valence-corrected chi connectivity index (χ4v) is 4.26. The molecular weight excluding hydrogens is 395 g/mol. The SMILES string of the molecule is CN(C)C(CNC(=O)CC1CC2CCC(C1)N2)c1c(F)cccc1F.Cl.Cl. The van der Waals surface area contributed by atoms with Gasteiger partial charge in [0.15, 0.2) is 0 Å². The fourth-order valence-electron chi connectivity index (χ4n) is 4.26. The zero-order valence-corrected chi connectivity index (χ0v) is 17.3. The highest BCUT2D eigenvalue weighted by Gasteiger charge is 2.34. The van der Waals surface area contributed by atoms with Crippen LogP contribution in [0.4, 0.5) is 8.78 Å². The second kappa shape index (κ2) is 10.6. The summed E-state index contributed by atoms with van der Waals surface area (Å²) >= 11 is 0. The Hall–Kier alpha value is -0.950. The van der Waals surface area contributed by atoms with Crippen LogP contribution in [-0.2, 0) is 4.79 Å². The number of hydrogen-bond donors (Lipinski definition) is 2. The summed E-state index contributed by atoms with van der Waals surface area (Å²) in [5.41, 5.74) is 0.00714. The molecule has 2 bridgehead atoms. The van der Waals surface area contributed by atoms with Crippen LogP contribution in [0.3, 0.4) is 0 Å². The minimum atomic E-state index is -0.581. The predicted molar refractivity (Wildman–Crippen MR) is 108 cm³/mol. The lowest BCUT2D eigenvalue weighted by atomic mass is 9.89. The van der Waals surface area contributed by atoms with Crippen molar-refractivity contribution in [2.45, 2.75) is 50.2 Å². The van der Waals surface area contributed by atoms with Gasteiger partial charge in [-0.3, -0.25) is 4.79 Å². The molecule has 1 aromatic rings. The molecule has 2 N–H and O–H groups in total. The van der Waals surface area contributed by atoms with Gasteiger partial charge in [-0.1, -0.05) is 6.07 Å². The van der Waals surface area contributed by atoms with Gasteiger partial charge in [0.25, 0.3) is 0 Å². The first-order valence-electron chi connectivity index (χ1n) is 9.07. The van der Waals surface area contributed by atoms with Crippen molar-refractivity contribution in [1.82, 2.24) is 15.5 Å². The van der Waals surface area contributed by atoms with Crippen molar-refractivity contribution in [2.24, 2.45) is 5.92 Å². The van der Waals surface area contributed by atoms with Crippen LogP contribution in [0.1, 0.15) is 43.7 Å². The van der Waals surface area contributed by atoms with Crippen LogP contribution in [0, 0.1) is 17.6 Å². The number of halogens is 4. The van der Waals surface area contributed by atoms with Crippen molar-refractivity contribution >= 4 is 30.7 Å². The van der Waals surface area contributed by atoms with Crippen LogP contribution in [0.15, 0.2) is 18.2 Å². The molecule has 3 atom stereocenters. The Morgan fingerprint density at radius 1 is 1.19 bits per heavy atom. The number of carbonyl (C=O) groups excluding carboxylic acids is 1. The molecule has 3 unspecified atom stereocenters. The minimum absolute atomic E-state index is 0. The van der Waals surface area contributed by atoms with Crippen molar-refractivity contribution < 1.29 is 13.6 Å². The van der Waals surface area contributed by atoms with Crippen molar-refractivity contribution in [1.29, 1.82) is 0 Å². The standard InChI is InChI=1S/C19H27F2N3O.2ClH/c1-24(2)17(19-15(20)4-3-5-16(19)21)11-22-18(25)10-12-8-13-6-7-14(9-12)23-13;;/h3-5,12-14,17,23H,6-11H2,1-2H3,(H,22,25);2*1H. The summed E-state index contributed by atoms with van der Waals surface area (Å²) in [4.78, 5) is 14.1. The summed E-state index contributed by atoms with van der Waals surface area (Å²) in [6, 6.07) is 4.43. The largest absolute Gasteiger partial charge is 0.354 e. The predicted octanol–water partition coefficient (Wildman–Crippen LogP) is 3.45. The van der Waals surface area contributed by atoms with Crippen LogP contribution in [-0.4, -0.2) is 43.5 Å². The number of nitrogens with zero attached hydrogens (tertiary/aromatic N) is 1. The number of fused-ring (bicyclic) bond motifs is 2. The molecule has 2 aliphatic heterocycles. The normalized spacial score (nSPS) is 24.7. The topological polar surface area (TPSA) is 44.4 Å². The average molecular weight is 424 g/mol. The van der Waals surface area contributed by atoms with Crippen molar-refractivity contribution in [2.75, 3.05) is 20.6 Å². The van der Waals surface area contributed by atoms with E-state index in [1.165, 1.54) is 31.0 Å². The molecule has 8 heteroatoms. The molecule has 2 aliphatic rings. The highest BCUT2D eigenvalue weighted by molar-refractivity contribution is 5.85. The second-order valence-electron chi connectivity index (χ2n) is 7.60. The van der Waals surface area contributed by atoms with Gasteiger partial charge in [0, 0.05) is 30.6 Å². The quantitative estimate of drug-likeness (QED) is 0.736.